The highest BCUT2D eigenvalue weighted by atomic mass is 16.5. The third-order valence-corrected chi connectivity index (χ3v) is 0.0913. The first-order valence-corrected chi connectivity index (χ1v) is 0.836. The van der Waals surface area contributed by atoms with E-state index in [9.17, 15) is 0 Å². The molecule has 3 heteroatoms. The highest BCUT2D eigenvalue weighted by Gasteiger charge is 1.42. The Labute approximate surface area is 30.7 Å². The number of hydrogen-bond donors (Lipinski definition) is 1. The molecular formula is C2H6N2O. The molecule has 0 bridgehead atoms. The monoisotopic (exact) mass is 74.0 g/mol. The minimum atomic E-state index is 0. The summed E-state index contributed by atoms with van der Waals surface area (Å²) < 4.78 is 3.85. The van der Waals surface area contributed by atoms with Gasteiger partial charge in [0.25, 0.3) is 6.26 Å². The third-order valence-electron chi connectivity index (χ3n) is 0.0913. The van der Waals surface area contributed by atoms with Crippen LogP contribution in [-0.4, -0.2) is 7.11 Å². The maximum atomic E-state index is 7.40. The fraction of sp³-hybridized carbons (Fsp3) is 0.500. The molecule has 3 nitrogen and oxygen atoms in total. The normalized spacial score (nSPS) is 3.20. The van der Waals surface area contributed by atoms with E-state index in [1.807, 2.05) is 0 Å². The minimum absolute atomic E-state index is 0. The largest absolute Gasteiger partial charge is 0.431 e. The van der Waals surface area contributed by atoms with Gasteiger partial charge in [0.1, 0.15) is 0 Å². The van der Waals surface area contributed by atoms with E-state index in [0.29, 0.717) is 0 Å². The van der Waals surface area contributed by atoms with Gasteiger partial charge in [-0.1, -0.05) is 0 Å². The maximum Gasteiger partial charge on any atom is 0.286 e. The molecule has 0 atom stereocenters. The Morgan fingerprint density at radius 2 is 2.00 bits per heavy atom. The number of ether oxygens (including phenoxy) is 1. The van der Waals surface area contributed by atoms with Gasteiger partial charge in [0.2, 0.25) is 0 Å². The van der Waals surface area contributed by atoms with Crippen LogP contribution in [0.5, 0.6) is 0 Å². The van der Waals surface area contributed by atoms with E-state index in [1.165, 1.54) is 13.4 Å². The lowest BCUT2D eigenvalue weighted by molar-refractivity contribution is 0.362. The SMILES string of the molecule is COC#N.N. The van der Waals surface area contributed by atoms with Crippen LogP contribution in [-0.2, 0) is 4.74 Å². The molecule has 0 radical (unpaired) electrons. The molecule has 0 amide bonds. The Morgan fingerprint density at radius 1 is 1.80 bits per heavy atom. The van der Waals surface area contributed by atoms with Gasteiger partial charge in [0, 0.05) is 0 Å². The second kappa shape index (κ2) is 10.5. The molecule has 0 unspecified atom stereocenters. The first-order chi connectivity index (χ1) is 1.91. The van der Waals surface area contributed by atoms with Crippen LogP contribution in [0.25, 0.3) is 0 Å². The van der Waals surface area contributed by atoms with Crippen LogP contribution in [0.15, 0.2) is 0 Å². The van der Waals surface area contributed by atoms with Gasteiger partial charge in [-0.3, -0.25) is 0 Å². The molecular weight excluding hydrogens is 68.0 g/mol. The van der Waals surface area contributed by atoms with E-state index in [4.69, 9.17) is 5.26 Å². The highest BCUT2D eigenvalue weighted by Crippen LogP contribution is 1.41. The van der Waals surface area contributed by atoms with Crippen molar-refractivity contribution in [2.24, 2.45) is 0 Å². The summed E-state index contributed by atoms with van der Waals surface area (Å²) in [5.74, 6) is 0. The number of hydrogen-bond acceptors (Lipinski definition) is 3. The van der Waals surface area contributed by atoms with E-state index in [1.54, 1.807) is 0 Å². The summed E-state index contributed by atoms with van der Waals surface area (Å²) in [6.07, 6.45) is 1.43. The topological polar surface area (TPSA) is 68.0 Å². The lowest BCUT2D eigenvalue weighted by atomic mass is 11.5. The number of nitrogens with zero attached hydrogens (tertiary/aromatic N) is 1. The second-order valence-electron chi connectivity index (χ2n) is 0.295. The number of rotatable bonds is 0. The zero-order valence-corrected chi connectivity index (χ0v) is 3.06. The summed E-state index contributed by atoms with van der Waals surface area (Å²) in [4.78, 5) is 0. The van der Waals surface area contributed by atoms with Gasteiger partial charge in [-0.25, -0.2) is 0 Å². The number of nitriles is 1. The molecule has 0 rings (SSSR count). The van der Waals surface area contributed by atoms with Gasteiger partial charge in [-0.05, 0) is 0 Å². The Balaban J connectivity index is 0. The summed E-state index contributed by atoms with van der Waals surface area (Å²) in [5.41, 5.74) is 0. The molecule has 0 saturated heterocycles. The van der Waals surface area contributed by atoms with Gasteiger partial charge in [0.15, 0.2) is 0 Å². The molecule has 0 aliphatic carbocycles. The molecule has 0 aromatic rings. The average Bonchev–Trinajstić information content (AvgIpc) is 1.37. The van der Waals surface area contributed by atoms with E-state index in [2.05, 4.69) is 4.74 Å². The molecule has 0 aromatic carbocycles. The Kier molecular flexibility index (Phi) is 18.7. The van der Waals surface area contributed by atoms with E-state index < -0.39 is 0 Å². The van der Waals surface area contributed by atoms with Gasteiger partial charge in [0.05, 0.1) is 7.11 Å². The molecule has 0 aliphatic heterocycles. The summed E-state index contributed by atoms with van der Waals surface area (Å²) in [6, 6.07) is 0. The average molecular weight is 74.1 g/mol. The van der Waals surface area contributed by atoms with Crippen LogP contribution in [0.3, 0.4) is 0 Å². The van der Waals surface area contributed by atoms with Gasteiger partial charge < -0.3 is 10.9 Å². The van der Waals surface area contributed by atoms with Crippen molar-refractivity contribution in [1.29, 1.82) is 5.26 Å². The van der Waals surface area contributed by atoms with Gasteiger partial charge in [-0.2, -0.15) is 5.26 Å². The fourth-order valence-electron chi connectivity index (χ4n) is 0. The predicted molar refractivity (Wildman–Crippen MR) is 17.6 cm³/mol. The Morgan fingerprint density at radius 3 is 2.00 bits per heavy atom. The quantitative estimate of drug-likeness (QED) is 0.419. The molecule has 3 N–H and O–H groups in total. The van der Waals surface area contributed by atoms with Crippen LogP contribution in [0, 0.1) is 11.5 Å². The summed E-state index contributed by atoms with van der Waals surface area (Å²) in [6.45, 7) is 0. The van der Waals surface area contributed by atoms with Crippen molar-refractivity contribution in [2.75, 3.05) is 7.11 Å². The van der Waals surface area contributed by atoms with Crippen LogP contribution < -0.4 is 6.15 Å². The van der Waals surface area contributed by atoms with Gasteiger partial charge in [-0.15, -0.1) is 0 Å². The van der Waals surface area contributed by atoms with Crippen LogP contribution in [0.1, 0.15) is 0 Å². The third kappa shape index (κ3) is 81.2. The van der Waals surface area contributed by atoms with Crippen molar-refractivity contribution in [1.82, 2.24) is 6.15 Å². The molecule has 0 heterocycles. The molecule has 0 aliphatic rings. The number of methoxy groups -OCH3 is 1. The van der Waals surface area contributed by atoms with Gasteiger partial charge >= 0.3 is 0 Å². The lowest BCUT2D eigenvalue weighted by Gasteiger charge is -1.61. The Bertz CT molecular complexity index is 37.4. The molecule has 0 spiro atoms. The molecule has 5 heavy (non-hydrogen) atoms. The van der Waals surface area contributed by atoms with Crippen molar-refractivity contribution >= 4 is 0 Å². The van der Waals surface area contributed by atoms with Crippen LogP contribution in [0.4, 0.5) is 0 Å². The lowest BCUT2D eigenvalue weighted by Crippen LogP contribution is -1.55. The smallest absolute Gasteiger partial charge is 0.286 e. The van der Waals surface area contributed by atoms with E-state index >= 15 is 0 Å². The summed E-state index contributed by atoms with van der Waals surface area (Å²) in [5, 5.41) is 7.40. The molecule has 30 valence electrons. The molecule has 0 fully saturated rings. The zero-order valence-electron chi connectivity index (χ0n) is 3.06. The van der Waals surface area contributed by atoms with Crippen molar-refractivity contribution in [3.63, 3.8) is 0 Å². The van der Waals surface area contributed by atoms with Crippen LogP contribution >= 0.6 is 0 Å². The first-order valence-electron chi connectivity index (χ1n) is 0.836. The Hall–Kier alpha value is -0.750. The summed E-state index contributed by atoms with van der Waals surface area (Å²) >= 11 is 0. The van der Waals surface area contributed by atoms with Crippen molar-refractivity contribution < 1.29 is 4.74 Å². The summed E-state index contributed by atoms with van der Waals surface area (Å²) in [7, 11) is 1.32. The first kappa shape index (κ1) is 8.87. The molecule has 0 saturated carbocycles. The predicted octanol–water partition coefficient (Wildman–Crippen LogP) is 0.276. The molecule has 0 aromatic heterocycles. The van der Waals surface area contributed by atoms with E-state index in [-0.39, 0.29) is 6.15 Å². The van der Waals surface area contributed by atoms with Crippen molar-refractivity contribution in [3.8, 4) is 6.26 Å². The highest BCUT2D eigenvalue weighted by molar-refractivity contribution is 4.39. The maximum absolute atomic E-state index is 7.40. The standard InChI is InChI=1S/C2H3NO.H3N/c1-4-2-3;/h1H3;1H3. The van der Waals surface area contributed by atoms with E-state index in [0.717, 1.165) is 0 Å². The zero-order chi connectivity index (χ0) is 3.41. The van der Waals surface area contributed by atoms with Crippen LogP contribution in [0.2, 0.25) is 0 Å². The fourth-order valence-corrected chi connectivity index (χ4v) is 0. The minimum Gasteiger partial charge on any atom is -0.431 e. The van der Waals surface area contributed by atoms with Crippen molar-refractivity contribution in [3.05, 3.63) is 0 Å². The van der Waals surface area contributed by atoms with Crippen molar-refractivity contribution in [2.45, 2.75) is 0 Å². The second-order valence-corrected chi connectivity index (χ2v) is 0.295.